The molecule has 5 heteroatoms. The molecular formula is C10H10F2O3. The maximum absolute atomic E-state index is 13.0. The van der Waals surface area contributed by atoms with Crippen molar-refractivity contribution in [1.29, 1.82) is 0 Å². The molecule has 3 nitrogen and oxygen atoms in total. The highest BCUT2D eigenvalue weighted by Gasteiger charge is 2.46. The van der Waals surface area contributed by atoms with Crippen LogP contribution in [0.15, 0.2) is 16.5 Å². The third-order valence-corrected chi connectivity index (χ3v) is 2.68. The molecule has 2 unspecified atom stereocenters. The second-order valence-electron chi connectivity index (χ2n) is 3.90. The molecule has 2 atom stereocenters. The van der Waals surface area contributed by atoms with E-state index in [0.717, 1.165) is 12.5 Å². The van der Waals surface area contributed by atoms with Crippen molar-refractivity contribution in [2.75, 3.05) is 0 Å². The van der Waals surface area contributed by atoms with Gasteiger partial charge in [-0.05, 0) is 24.5 Å². The van der Waals surface area contributed by atoms with Crippen LogP contribution in [0, 0.1) is 5.92 Å². The molecule has 0 radical (unpaired) electrons. The van der Waals surface area contributed by atoms with Crippen molar-refractivity contribution in [2.24, 2.45) is 5.92 Å². The zero-order valence-corrected chi connectivity index (χ0v) is 8.04. The Morgan fingerprint density at radius 1 is 1.60 bits per heavy atom. The van der Waals surface area contributed by atoms with Crippen LogP contribution in [0.25, 0.3) is 0 Å². The summed E-state index contributed by atoms with van der Waals surface area (Å²) in [6, 6.07) is 2.47. The summed E-state index contributed by atoms with van der Waals surface area (Å²) in [6.07, 6.45) is 0.908. The lowest BCUT2D eigenvalue weighted by molar-refractivity contribution is -0.169. The molecule has 1 aliphatic rings. The first-order chi connectivity index (χ1) is 6.93. The van der Waals surface area contributed by atoms with Gasteiger partial charge in [-0.1, -0.05) is 6.92 Å². The molecule has 0 spiro atoms. The fourth-order valence-corrected chi connectivity index (χ4v) is 1.54. The smallest absolute Gasteiger partial charge is 0.399 e. The largest absolute Gasteiger partial charge is 0.476 e. The first kappa shape index (κ1) is 10.1. The summed E-state index contributed by atoms with van der Waals surface area (Å²) < 4.78 is 30.8. The highest BCUT2D eigenvalue weighted by atomic mass is 19.3. The lowest BCUT2D eigenvalue weighted by Gasteiger charge is -2.06. The molecule has 1 heterocycles. The van der Waals surface area contributed by atoms with Gasteiger partial charge in [0.1, 0.15) is 5.76 Å². The fourth-order valence-electron chi connectivity index (χ4n) is 1.54. The molecule has 0 aromatic carbocycles. The summed E-state index contributed by atoms with van der Waals surface area (Å²) in [4.78, 5) is 10.3. The first-order valence-electron chi connectivity index (χ1n) is 4.64. The fraction of sp³-hybridized carbons (Fsp3) is 0.500. The van der Waals surface area contributed by atoms with Crippen molar-refractivity contribution in [2.45, 2.75) is 25.2 Å². The molecule has 0 amide bonds. The number of halogens is 2. The lowest BCUT2D eigenvalue weighted by atomic mass is 10.2. The third-order valence-electron chi connectivity index (χ3n) is 2.68. The minimum Gasteiger partial charge on any atom is -0.476 e. The Kier molecular flexibility index (Phi) is 2.06. The minimum absolute atomic E-state index is 0.170. The Bertz CT molecular complexity index is 397. The molecular weight excluding hydrogens is 206 g/mol. The maximum Gasteiger partial charge on any atom is 0.399 e. The normalized spacial score (nSPS) is 25.3. The Hall–Kier alpha value is -1.39. The number of carbonyl (C=O) groups is 1. The zero-order valence-electron chi connectivity index (χ0n) is 8.04. The van der Waals surface area contributed by atoms with Crippen LogP contribution >= 0.6 is 0 Å². The number of rotatable bonds is 3. The second kappa shape index (κ2) is 3.05. The second-order valence-corrected chi connectivity index (χ2v) is 3.90. The van der Waals surface area contributed by atoms with E-state index in [0.29, 0.717) is 11.7 Å². The molecule has 82 valence electrons. The summed E-state index contributed by atoms with van der Waals surface area (Å²) in [5.41, 5.74) is 0. The minimum atomic E-state index is -3.93. The quantitative estimate of drug-likeness (QED) is 0.844. The number of hydrogen-bond donors (Lipinski definition) is 1. The van der Waals surface area contributed by atoms with Gasteiger partial charge in [0, 0.05) is 5.92 Å². The highest BCUT2D eigenvalue weighted by Crippen LogP contribution is 2.48. The van der Waals surface area contributed by atoms with E-state index in [1.807, 2.05) is 6.92 Å². The first-order valence-corrected chi connectivity index (χ1v) is 4.64. The average molecular weight is 216 g/mol. The van der Waals surface area contributed by atoms with E-state index < -0.39 is 17.7 Å². The SMILES string of the molecule is CC1CC1c1ccc(C(F)(F)C(=O)O)o1. The van der Waals surface area contributed by atoms with Crippen LogP contribution in [0.5, 0.6) is 0 Å². The molecule has 1 aromatic rings. The molecule has 0 aliphatic heterocycles. The van der Waals surface area contributed by atoms with E-state index >= 15 is 0 Å². The molecule has 2 rings (SSSR count). The van der Waals surface area contributed by atoms with Crippen LogP contribution < -0.4 is 0 Å². The predicted octanol–water partition coefficient (Wildman–Crippen LogP) is 2.58. The number of furan rings is 1. The predicted molar refractivity (Wildman–Crippen MR) is 46.8 cm³/mol. The Morgan fingerprint density at radius 3 is 2.67 bits per heavy atom. The Morgan fingerprint density at radius 2 is 2.20 bits per heavy atom. The van der Waals surface area contributed by atoms with Crippen molar-refractivity contribution in [3.8, 4) is 0 Å². The van der Waals surface area contributed by atoms with Gasteiger partial charge < -0.3 is 9.52 Å². The van der Waals surface area contributed by atoms with Gasteiger partial charge in [-0.2, -0.15) is 8.78 Å². The van der Waals surface area contributed by atoms with Crippen molar-refractivity contribution < 1.29 is 23.1 Å². The number of carboxylic acids is 1. The van der Waals surface area contributed by atoms with E-state index in [1.165, 1.54) is 6.07 Å². The Balaban J connectivity index is 2.23. The van der Waals surface area contributed by atoms with E-state index in [4.69, 9.17) is 9.52 Å². The standard InChI is InChI=1S/C10H10F2O3/c1-5-4-6(5)7-2-3-8(15-7)10(11,12)9(13)14/h2-3,5-6H,4H2,1H3,(H,13,14). The number of carboxylic acid groups (broad SMARTS) is 1. The molecule has 0 saturated heterocycles. The molecule has 1 aliphatic carbocycles. The molecule has 1 aromatic heterocycles. The molecule has 1 fully saturated rings. The van der Waals surface area contributed by atoms with Gasteiger partial charge in [-0.3, -0.25) is 0 Å². The van der Waals surface area contributed by atoms with Gasteiger partial charge in [0.05, 0.1) is 0 Å². The molecule has 1 saturated carbocycles. The summed E-state index contributed by atoms with van der Waals surface area (Å²) in [5, 5.41) is 8.30. The number of aliphatic carboxylic acids is 1. The third kappa shape index (κ3) is 1.62. The van der Waals surface area contributed by atoms with Crippen molar-refractivity contribution >= 4 is 5.97 Å². The number of alkyl halides is 2. The van der Waals surface area contributed by atoms with Crippen LogP contribution in [-0.4, -0.2) is 11.1 Å². The summed E-state index contributed by atoms with van der Waals surface area (Å²) in [6.45, 7) is 1.99. The van der Waals surface area contributed by atoms with Crippen molar-refractivity contribution in [3.05, 3.63) is 23.7 Å². The summed E-state index contributed by atoms with van der Waals surface area (Å²) in [7, 11) is 0. The van der Waals surface area contributed by atoms with Gasteiger partial charge in [0.15, 0.2) is 5.76 Å². The summed E-state index contributed by atoms with van der Waals surface area (Å²) in [5.74, 6) is -5.85. The number of hydrogen-bond acceptors (Lipinski definition) is 2. The van der Waals surface area contributed by atoms with Gasteiger partial charge in [-0.25, -0.2) is 4.79 Å². The Labute approximate surface area is 84.7 Å². The van der Waals surface area contributed by atoms with Gasteiger partial charge in [-0.15, -0.1) is 0 Å². The van der Waals surface area contributed by atoms with Gasteiger partial charge in [0.25, 0.3) is 0 Å². The lowest BCUT2D eigenvalue weighted by Crippen LogP contribution is -2.24. The van der Waals surface area contributed by atoms with Crippen LogP contribution in [0.4, 0.5) is 8.78 Å². The van der Waals surface area contributed by atoms with E-state index in [1.54, 1.807) is 0 Å². The van der Waals surface area contributed by atoms with Gasteiger partial charge in [0.2, 0.25) is 0 Å². The van der Waals surface area contributed by atoms with Gasteiger partial charge >= 0.3 is 11.9 Å². The summed E-state index contributed by atoms with van der Waals surface area (Å²) >= 11 is 0. The molecule has 1 N–H and O–H groups in total. The van der Waals surface area contributed by atoms with Crippen molar-refractivity contribution in [1.82, 2.24) is 0 Å². The van der Waals surface area contributed by atoms with Crippen LogP contribution in [0.3, 0.4) is 0 Å². The van der Waals surface area contributed by atoms with Crippen LogP contribution in [0.1, 0.15) is 30.8 Å². The topological polar surface area (TPSA) is 50.4 Å². The maximum atomic E-state index is 13.0. The average Bonchev–Trinajstić information content (AvgIpc) is 2.69. The van der Waals surface area contributed by atoms with Crippen LogP contribution in [0.2, 0.25) is 0 Å². The zero-order chi connectivity index (χ0) is 11.2. The molecule has 0 bridgehead atoms. The van der Waals surface area contributed by atoms with Crippen molar-refractivity contribution in [3.63, 3.8) is 0 Å². The molecule has 15 heavy (non-hydrogen) atoms. The highest BCUT2D eigenvalue weighted by molar-refractivity contribution is 5.76. The van der Waals surface area contributed by atoms with Crippen LogP contribution in [-0.2, 0) is 10.7 Å². The van der Waals surface area contributed by atoms with E-state index in [2.05, 4.69) is 0 Å². The van der Waals surface area contributed by atoms with E-state index in [-0.39, 0.29) is 5.92 Å². The van der Waals surface area contributed by atoms with E-state index in [9.17, 15) is 13.6 Å². The monoisotopic (exact) mass is 216 g/mol.